The van der Waals surface area contributed by atoms with Crippen molar-refractivity contribution in [3.8, 4) is 0 Å². The molecule has 0 spiro atoms. The average molecular weight is 317 g/mol. The lowest BCUT2D eigenvalue weighted by molar-refractivity contribution is 0.438. The van der Waals surface area contributed by atoms with E-state index < -0.39 is 19.0 Å². The van der Waals surface area contributed by atoms with Crippen molar-refractivity contribution < 1.29 is 12.9 Å². The molecule has 0 saturated carbocycles. The van der Waals surface area contributed by atoms with Gasteiger partial charge in [0, 0.05) is 6.20 Å². The molecule has 14 heavy (non-hydrogen) atoms. The Bertz CT molecular complexity index is 403. The van der Waals surface area contributed by atoms with Gasteiger partial charge in [0.25, 0.3) is 5.56 Å². The largest absolute Gasteiger partial charge is 0.497 e. The van der Waals surface area contributed by atoms with Crippen LogP contribution >= 0.6 is 22.6 Å². The second-order valence-corrected chi connectivity index (χ2v) is 3.94. The smallest absolute Gasteiger partial charge is 0.448 e. The van der Waals surface area contributed by atoms with Crippen molar-refractivity contribution in [3.63, 3.8) is 0 Å². The first kappa shape index (κ1) is 11.5. The van der Waals surface area contributed by atoms with Crippen molar-refractivity contribution in [3.05, 3.63) is 25.9 Å². The van der Waals surface area contributed by atoms with Gasteiger partial charge in [0.15, 0.2) is 0 Å². The van der Waals surface area contributed by atoms with Crippen LogP contribution in [0.25, 0.3) is 0 Å². The molecule has 0 radical (unpaired) electrons. The molecule has 0 aromatic carbocycles. The summed E-state index contributed by atoms with van der Waals surface area (Å²) in [5, 5.41) is 0. The van der Waals surface area contributed by atoms with Crippen LogP contribution in [0.4, 0.5) is 12.9 Å². The van der Waals surface area contributed by atoms with Crippen LogP contribution in [-0.2, 0) is 6.44 Å². The summed E-state index contributed by atoms with van der Waals surface area (Å²) in [6.07, 6.45) is 0.0343. The highest BCUT2D eigenvalue weighted by Crippen LogP contribution is 2.11. The van der Waals surface area contributed by atoms with Crippen LogP contribution in [0.3, 0.4) is 0 Å². The Hall–Kier alpha value is -0.535. The third-order valence-corrected chi connectivity index (χ3v) is 2.33. The predicted octanol–water partition coefficient (Wildman–Crippen LogP) is 1.54. The second-order valence-electron chi connectivity index (χ2n) is 2.78. The molecule has 1 rings (SSSR count). The van der Waals surface area contributed by atoms with Gasteiger partial charge in [-0.25, -0.2) is 4.98 Å². The van der Waals surface area contributed by atoms with Crippen LogP contribution in [0.2, 0.25) is 0 Å². The average Bonchev–Trinajstić information content (AvgIpc) is 2.04. The lowest BCUT2D eigenvalue weighted by Crippen LogP contribution is -2.34. The summed E-state index contributed by atoms with van der Waals surface area (Å²) >= 11 is 1.66. The Morgan fingerprint density at radius 3 is 2.64 bits per heavy atom. The van der Waals surface area contributed by atoms with Crippen molar-refractivity contribution in [2.45, 2.75) is 13.4 Å². The number of hydrogen-bond donors (Lipinski definition) is 0. The van der Waals surface area contributed by atoms with E-state index >= 15 is 0 Å². The molecule has 0 atom stereocenters. The summed E-state index contributed by atoms with van der Waals surface area (Å²) in [6.45, 7) is -3.64. The zero-order valence-electron chi connectivity index (χ0n) is 7.18. The minimum Gasteiger partial charge on any atom is -0.448 e. The summed E-state index contributed by atoms with van der Waals surface area (Å²) < 4.78 is 37.1. The van der Waals surface area contributed by atoms with Crippen LogP contribution < -0.4 is 5.56 Å². The van der Waals surface area contributed by atoms with Crippen molar-refractivity contribution >= 4 is 29.6 Å². The molecule has 8 heteroatoms. The zero-order chi connectivity index (χ0) is 10.9. The summed E-state index contributed by atoms with van der Waals surface area (Å²) in [7, 11) is 0. The van der Waals surface area contributed by atoms with Crippen molar-refractivity contribution in [1.82, 2.24) is 9.55 Å². The Balaban J connectivity index is 3.21. The molecular weight excluding hydrogens is 311 g/mol. The van der Waals surface area contributed by atoms with Gasteiger partial charge in [-0.15, -0.1) is 0 Å². The molecule has 1 aromatic rings. The minimum atomic E-state index is -5.02. The van der Waals surface area contributed by atoms with Gasteiger partial charge >= 0.3 is 6.98 Å². The Morgan fingerprint density at radius 1 is 1.57 bits per heavy atom. The van der Waals surface area contributed by atoms with Crippen LogP contribution in [0, 0.1) is 10.5 Å². The number of hydrogen-bond acceptors (Lipinski definition) is 2. The second kappa shape index (κ2) is 3.91. The molecule has 3 nitrogen and oxygen atoms in total. The lowest BCUT2D eigenvalue weighted by atomic mass is 9.92. The van der Waals surface area contributed by atoms with E-state index in [9.17, 15) is 17.7 Å². The van der Waals surface area contributed by atoms with Gasteiger partial charge in [-0.05, 0) is 36.0 Å². The fraction of sp³-hybridized carbons (Fsp3) is 0.333. The SMILES string of the molecule is Cc1ncc(I)c(=O)n1C[B-](F)(F)F. The summed E-state index contributed by atoms with van der Waals surface area (Å²) in [5.41, 5.74) is -0.641. The van der Waals surface area contributed by atoms with Crippen molar-refractivity contribution in [1.29, 1.82) is 0 Å². The van der Waals surface area contributed by atoms with Crippen LogP contribution in [0.1, 0.15) is 5.82 Å². The van der Waals surface area contributed by atoms with Gasteiger partial charge in [-0.1, -0.05) is 0 Å². The standard InChI is InChI=1S/C6H6BF3IN2O/c1-4-12-2-5(11)6(14)13(4)3-7(8,9)10/h2H,3H2,1H3/q-1. The highest BCUT2D eigenvalue weighted by molar-refractivity contribution is 14.1. The number of aromatic nitrogens is 2. The van der Waals surface area contributed by atoms with E-state index in [0.717, 1.165) is 0 Å². The molecule has 0 amide bonds. The summed E-state index contributed by atoms with van der Waals surface area (Å²) in [4.78, 5) is 15.0. The number of aryl methyl sites for hydroxylation is 1. The first-order valence-corrected chi connectivity index (χ1v) is 4.82. The van der Waals surface area contributed by atoms with Crippen LogP contribution in [0.15, 0.2) is 11.0 Å². The molecule has 0 fully saturated rings. The fourth-order valence-corrected chi connectivity index (χ4v) is 1.40. The maximum atomic E-state index is 12.1. The molecule has 0 unspecified atom stereocenters. The van der Waals surface area contributed by atoms with Gasteiger partial charge in [0.05, 0.1) is 3.57 Å². The monoisotopic (exact) mass is 317 g/mol. The molecule has 0 aliphatic rings. The number of nitrogens with zero attached hydrogens (tertiary/aromatic N) is 2. The number of rotatable bonds is 2. The Labute approximate surface area is 91.5 Å². The molecule has 0 aliphatic carbocycles. The number of halogens is 4. The maximum Gasteiger partial charge on any atom is 0.497 e. The van der Waals surface area contributed by atoms with Gasteiger partial charge < -0.3 is 17.5 Å². The van der Waals surface area contributed by atoms with Gasteiger partial charge in [0.2, 0.25) is 0 Å². The lowest BCUT2D eigenvalue weighted by Gasteiger charge is -2.17. The van der Waals surface area contributed by atoms with Crippen LogP contribution in [0.5, 0.6) is 0 Å². The third-order valence-electron chi connectivity index (χ3n) is 1.59. The fourth-order valence-electron chi connectivity index (χ4n) is 0.973. The van der Waals surface area contributed by atoms with Gasteiger partial charge in [-0.3, -0.25) is 4.79 Å². The molecule has 0 bridgehead atoms. The van der Waals surface area contributed by atoms with Crippen LogP contribution in [-0.4, -0.2) is 16.5 Å². The van der Waals surface area contributed by atoms with Crippen molar-refractivity contribution in [2.75, 3.05) is 0 Å². The molecule has 1 aromatic heterocycles. The minimum absolute atomic E-state index is 0.0783. The Morgan fingerprint density at radius 2 is 2.14 bits per heavy atom. The highest BCUT2D eigenvalue weighted by Gasteiger charge is 2.25. The Kier molecular flexibility index (Phi) is 3.22. The topological polar surface area (TPSA) is 34.9 Å². The van der Waals surface area contributed by atoms with Gasteiger partial charge in [-0.2, -0.15) is 0 Å². The normalized spacial score (nSPS) is 11.8. The zero-order valence-corrected chi connectivity index (χ0v) is 9.33. The van der Waals surface area contributed by atoms with E-state index in [2.05, 4.69) is 4.98 Å². The predicted molar refractivity (Wildman–Crippen MR) is 55.0 cm³/mol. The molecule has 1 heterocycles. The molecule has 78 valence electrons. The van der Waals surface area contributed by atoms with Crippen molar-refractivity contribution in [2.24, 2.45) is 0 Å². The molecule has 0 N–H and O–H groups in total. The molecule has 0 aliphatic heterocycles. The summed E-state index contributed by atoms with van der Waals surface area (Å²) in [6, 6.07) is 0. The first-order valence-electron chi connectivity index (χ1n) is 3.74. The highest BCUT2D eigenvalue weighted by atomic mass is 127. The quantitative estimate of drug-likeness (QED) is 0.613. The van der Waals surface area contributed by atoms with E-state index in [-0.39, 0.29) is 9.39 Å². The summed E-state index contributed by atoms with van der Waals surface area (Å²) in [5.74, 6) is 0.0783. The maximum absolute atomic E-state index is 12.1. The first-order chi connectivity index (χ1) is 6.31. The molecular formula is C6H6BF3IN2O-. The third kappa shape index (κ3) is 2.73. The molecule has 0 saturated heterocycles. The van der Waals surface area contributed by atoms with Gasteiger partial charge in [0.1, 0.15) is 5.82 Å². The van der Waals surface area contributed by atoms with E-state index in [1.807, 2.05) is 0 Å². The van der Waals surface area contributed by atoms with E-state index in [0.29, 0.717) is 4.57 Å². The van der Waals surface area contributed by atoms with E-state index in [4.69, 9.17) is 0 Å². The van der Waals surface area contributed by atoms with E-state index in [1.165, 1.54) is 13.1 Å². The van der Waals surface area contributed by atoms with E-state index in [1.54, 1.807) is 22.6 Å².